The minimum atomic E-state index is -0.233. The maximum Gasteiger partial charge on any atom is 0.0722 e. The lowest BCUT2D eigenvalue weighted by Gasteiger charge is -2.21. The van der Waals surface area contributed by atoms with Crippen molar-refractivity contribution in [1.29, 1.82) is 0 Å². The molecule has 1 heterocycles. The van der Waals surface area contributed by atoms with Gasteiger partial charge in [-0.05, 0) is 20.4 Å². The van der Waals surface area contributed by atoms with Crippen LogP contribution in [0.4, 0.5) is 0 Å². The van der Waals surface area contributed by atoms with Crippen molar-refractivity contribution in [3.8, 4) is 0 Å². The lowest BCUT2D eigenvalue weighted by molar-refractivity contribution is 0.162. The van der Waals surface area contributed by atoms with Gasteiger partial charge in [0, 0.05) is 37.3 Å². The molecule has 0 aliphatic heterocycles. The van der Waals surface area contributed by atoms with Crippen molar-refractivity contribution in [1.82, 2.24) is 14.7 Å². The number of hydrogen-bond acceptors (Lipinski definition) is 3. The lowest BCUT2D eigenvalue weighted by atomic mass is 9.89. The first-order valence-corrected chi connectivity index (χ1v) is 6.59. The van der Waals surface area contributed by atoms with Crippen LogP contribution < -0.4 is 0 Å². The summed E-state index contributed by atoms with van der Waals surface area (Å²) in [5.41, 5.74) is 2.51. The third-order valence-electron chi connectivity index (χ3n) is 2.98. The lowest BCUT2D eigenvalue weighted by Crippen LogP contribution is -2.24. The van der Waals surface area contributed by atoms with Gasteiger partial charge in [0.2, 0.25) is 0 Å². The van der Waals surface area contributed by atoms with Crippen molar-refractivity contribution in [2.45, 2.75) is 52.2 Å². The van der Waals surface area contributed by atoms with E-state index in [0.717, 1.165) is 25.2 Å². The molecule has 0 spiro atoms. The Bertz CT molecular complexity index is 377. The van der Waals surface area contributed by atoms with Crippen molar-refractivity contribution in [2.75, 3.05) is 13.6 Å². The zero-order valence-corrected chi connectivity index (χ0v) is 12.6. The highest BCUT2D eigenvalue weighted by molar-refractivity contribution is 5.23. The zero-order chi connectivity index (χ0) is 13.9. The summed E-state index contributed by atoms with van der Waals surface area (Å²) >= 11 is 0. The normalized spacial score (nSPS) is 14.2. The number of aliphatic hydroxyl groups is 1. The summed E-state index contributed by atoms with van der Waals surface area (Å²) < 4.78 is 1.89. The number of aromatic nitrogens is 2. The molecule has 1 rings (SSSR count). The van der Waals surface area contributed by atoms with Gasteiger partial charge in [0.1, 0.15) is 0 Å². The van der Waals surface area contributed by atoms with Gasteiger partial charge in [0.15, 0.2) is 0 Å². The van der Waals surface area contributed by atoms with Gasteiger partial charge in [0.25, 0.3) is 0 Å². The SMILES string of the molecule is CC(O)CCN(C)Cc1cn(C)nc1C(C)(C)C. The van der Waals surface area contributed by atoms with E-state index in [4.69, 9.17) is 0 Å². The van der Waals surface area contributed by atoms with E-state index >= 15 is 0 Å². The minimum Gasteiger partial charge on any atom is -0.393 e. The van der Waals surface area contributed by atoms with Gasteiger partial charge in [-0.2, -0.15) is 5.10 Å². The average molecular weight is 253 g/mol. The van der Waals surface area contributed by atoms with E-state index in [0.29, 0.717) is 0 Å². The van der Waals surface area contributed by atoms with E-state index in [-0.39, 0.29) is 11.5 Å². The van der Waals surface area contributed by atoms with E-state index in [9.17, 15) is 5.11 Å². The van der Waals surface area contributed by atoms with E-state index < -0.39 is 0 Å². The molecule has 4 heteroatoms. The highest BCUT2D eigenvalue weighted by atomic mass is 16.3. The molecular weight excluding hydrogens is 226 g/mol. The van der Waals surface area contributed by atoms with Gasteiger partial charge in [-0.3, -0.25) is 4.68 Å². The molecule has 0 saturated carbocycles. The van der Waals surface area contributed by atoms with Crippen LogP contribution in [0.3, 0.4) is 0 Å². The maximum absolute atomic E-state index is 9.31. The van der Waals surface area contributed by atoms with Gasteiger partial charge < -0.3 is 10.0 Å². The summed E-state index contributed by atoms with van der Waals surface area (Å²) in [5, 5.41) is 13.9. The van der Waals surface area contributed by atoms with Crippen LogP contribution in [0.15, 0.2) is 6.20 Å². The Morgan fingerprint density at radius 1 is 1.44 bits per heavy atom. The molecule has 0 aliphatic rings. The molecule has 1 atom stereocenters. The van der Waals surface area contributed by atoms with Crippen LogP contribution in [-0.2, 0) is 19.0 Å². The predicted molar refractivity (Wildman–Crippen MR) is 74.5 cm³/mol. The van der Waals surface area contributed by atoms with Crippen LogP contribution in [0.2, 0.25) is 0 Å². The van der Waals surface area contributed by atoms with Crippen molar-refractivity contribution in [3.05, 3.63) is 17.5 Å². The monoisotopic (exact) mass is 253 g/mol. The summed E-state index contributed by atoms with van der Waals surface area (Å²) in [4.78, 5) is 2.24. The second-order valence-electron chi connectivity index (χ2n) is 6.30. The molecule has 0 fully saturated rings. The molecule has 18 heavy (non-hydrogen) atoms. The summed E-state index contributed by atoms with van der Waals surface area (Å²) in [5.74, 6) is 0. The molecule has 4 nitrogen and oxygen atoms in total. The summed E-state index contributed by atoms with van der Waals surface area (Å²) in [6.45, 7) is 10.2. The number of aryl methyl sites for hydroxylation is 1. The van der Waals surface area contributed by atoms with E-state index in [1.54, 1.807) is 0 Å². The van der Waals surface area contributed by atoms with Crippen LogP contribution in [0, 0.1) is 0 Å². The molecule has 0 saturated heterocycles. The first-order valence-electron chi connectivity index (χ1n) is 6.59. The molecule has 0 bridgehead atoms. The van der Waals surface area contributed by atoms with Gasteiger partial charge >= 0.3 is 0 Å². The predicted octanol–water partition coefficient (Wildman–Crippen LogP) is 1.92. The van der Waals surface area contributed by atoms with E-state index in [1.165, 1.54) is 5.56 Å². The standard InChI is InChI=1S/C14H27N3O/c1-11(18)7-8-16(5)9-12-10-17(6)15-13(12)14(2,3)4/h10-11,18H,7-9H2,1-6H3. The van der Waals surface area contributed by atoms with Crippen molar-refractivity contribution >= 4 is 0 Å². The fourth-order valence-corrected chi connectivity index (χ4v) is 2.06. The highest BCUT2D eigenvalue weighted by Gasteiger charge is 2.22. The average Bonchev–Trinajstić information content (AvgIpc) is 2.56. The Kier molecular flexibility index (Phi) is 4.93. The van der Waals surface area contributed by atoms with E-state index in [1.807, 2.05) is 18.7 Å². The van der Waals surface area contributed by atoms with Gasteiger partial charge in [0.05, 0.1) is 11.8 Å². The molecule has 0 radical (unpaired) electrons. The van der Waals surface area contributed by atoms with E-state index in [2.05, 4.69) is 44.0 Å². The topological polar surface area (TPSA) is 41.3 Å². The van der Waals surface area contributed by atoms with Crippen LogP contribution >= 0.6 is 0 Å². The number of aliphatic hydroxyl groups excluding tert-OH is 1. The first kappa shape index (κ1) is 15.2. The van der Waals surface area contributed by atoms with Gasteiger partial charge in [-0.1, -0.05) is 20.8 Å². The Morgan fingerprint density at radius 3 is 2.56 bits per heavy atom. The second kappa shape index (κ2) is 5.85. The largest absolute Gasteiger partial charge is 0.393 e. The van der Waals surface area contributed by atoms with Crippen molar-refractivity contribution in [3.63, 3.8) is 0 Å². The Morgan fingerprint density at radius 2 is 2.06 bits per heavy atom. The highest BCUT2D eigenvalue weighted by Crippen LogP contribution is 2.24. The molecule has 0 aliphatic carbocycles. The molecule has 1 unspecified atom stereocenters. The Hall–Kier alpha value is -0.870. The zero-order valence-electron chi connectivity index (χ0n) is 12.6. The Labute approximate surface area is 111 Å². The smallest absolute Gasteiger partial charge is 0.0722 e. The number of rotatable bonds is 5. The minimum absolute atomic E-state index is 0.0711. The third-order valence-corrected chi connectivity index (χ3v) is 2.98. The second-order valence-corrected chi connectivity index (χ2v) is 6.30. The van der Waals surface area contributed by atoms with Crippen LogP contribution in [-0.4, -0.2) is 39.5 Å². The molecule has 0 amide bonds. The molecular formula is C14H27N3O. The molecule has 0 aromatic carbocycles. The molecule has 1 aromatic heterocycles. The molecule has 1 aromatic rings. The van der Waals surface area contributed by atoms with Gasteiger partial charge in [-0.15, -0.1) is 0 Å². The van der Waals surface area contributed by atoms with Crippen molar-refractivity contribution < 1.29 is 5.11 Å². The maximum atomic E-state index is 9.31. The van der Waals surface area contributed by atoms with Crippen LogP contribution in [0.1, 0.15) is 45.4 Å². The summed E-state index contributed by atoms with van der Waals surface area (Å²) in [7, 11) is 4.05. The quantitative estimate of drug-likeness (QED) is 0.871. The van der Waals surface area contributed by atoms with Crippen LogP contribution in [0.25, 0.3) is 0 Å². The summed E-state index contributed by atoms with van der Waals surface area (Å²) in [6, 6.07) is 0. The fraction of sp³-hybridized carbons (Fsp3) is 0.786. The molecule has 104 valence electrons. The van der Waals surface area contributed by atoms with Crippen molar-refractivity contribution in [2.24, 2.45) is 7.05 Å². The summed E-state index contributed by atoms with van der Waals surface area (Å²) in [6.07, 6.45) is 2.67. The Balaban J connectivity index is 2.72. The molecule has 1 N–H and O–H groups in total. The third kappa shape index (κ3) is 4.42. The van der Waals surface area contributed by atoms with Gasteiger partial charge in [-0.25, -0.2) is 0 Å². The fourth-order valence-electron chi connectivity index (χ4n) is 2.06. The first-order chi connectivity index (χ1) is 8.20. The van der Waals surface area contributed by atoms with Crippen LogP contribution in [0.5, 0.6) is 0 Å². The number of nitrogens with zero attached hydrogens (tertiary/aromatic N) is 3. The number of hydrogen-bond donors (Lipinski definition) is 1.